The average molecular weight is 199 g/mol. The van der Waals surface area contributed by atoms with E-state index in [1.807, 2.05) is 0 Å². The van der Waals surface area contributed by atoms with Gasteiger partial charge in [-0.05, 0) is 6.07 Å². The summed E-state index contributed by atoms with van der Waals surface area (Å²) in [5.74, 6) is 0.171. The summed E-state index contributed by atoms with van der Waals surface area (Å²) in [4.78, 5) is 10.00. The molecule has 0 aromatic heterocycles. The maximum Gasteiger partial charge on any atom is 0.275 e. The number of thiol groups is 1. The molecule has 1 aromatic rings. The van der Waals surface area contributed by atoms with E-state index in [1.165, 1.54) is 12.1 Å². The Hall–Kier alpha value is -1.07. The highest BCUT2D eigenvalue weighted by atomic mass is 32.1. The summed E-state index contributed by atoms with van der Waals surface area (Å²) >= 11 is 3.87. The molecule has 0 aliphatic carbocycles. The van der Waals surface area contributed by atoms with Gasteiger partial charge in [0.25, 0.3) is 5.69 Å². The van der Waals surface area contributed by atoms with Crippen molar-refractivity contribution >= 4 is 18.3 Å². The molecule has 1 rings (SSSR count). The number of aliphatic hydroxyl groups excluding tert-OH is 1. The van der Waals surface area contributed by atoms with Gasteiger partial charge in [-0.15, -0.1) is 0 Å². The second kappa shape index (κ2) is 4.25. The zero-order valence-corrected chi connectivity index (χ0v) is 7.65. The van der Waals surface area contributed by atoms with Crippen molar-refractivity contribution < 1.29 is 10.0 Å². The maximum atomic E-state index is 10.5. The van der Waals surface area contributed by atoms with Crippen LogP contribution in [-0.2, 0) is 0 Å². The highest BCUT2D eigenvalue weighted by Gasteiger charge is 2.17. The first-order valence-corrected chi connectivity index (χ1v) is 4.32. The van der Waals surface area contributed by atoms with Crippen molar-refractivity contribution in [2.75, 3.05) is 5.75 Å². The van der Waals surface area contributed by atoms with E-state index in [0.717, 1.165) is 0 Å². The third-order valence-electron chi connectivity index (χ3n) is 1.67. The van der Waals surface area contributed by atoms with Gasteiger partial charge in [0.15, 0.2) is 0 Å². The molecule has 0 aliphatic heterocycles. The van der Waals surface area contributed by atoms with Crippen molar-refractivity contribution in [3.05, 3.63) is 39.9 Å². The number of aliphatic hydroxyl groups is 1. The van der Waals surface area contributed by atoms with E-state index in [4.69, 9.17) is 0 Å². The molecule has 1 N–H and O–H groups in total. The molecule has 4 nitrogen and oxygen atoms in total. The molecular formula is C8H9NO3S. The molecule has 0 spiro atoms. The Morgan fingerprint density at radius 1 is 1.54 bits per heavy atom. The minimum absolute atomic E-state index is 0.0657. The van der Waals surface area contributed by atoms with E-state index >= 15 is 0 Å². The Morgan fingerprint density at radius 2 is 2.15 bits per heavy atom. The summed E-state index contributed by atoms with van der Waals surface area (Å²) in [6.45, 7) is 0. The van der Waals surface area contributed by atoms with E-state index in [9.17, 15) is 15.2 Å². The molecular weight excluding hydrogens is 190 g/mol. The lowest BCUT2D eigenvalue weighted by Gasteiger charge is -2.06. The Kier molecular flexibility index (Phi) is 3.27. The van der Waals surface area contributed by atoms with Crippen LogP contribution >= 0.6 is 12.6 Å². The molecule has 5 heteroatoms. The molecule has 0 saturated carbocycles. The predicted molar refractivity (Wildman–Crippen MR) is 51.9 cm³/mol. The Labute approximate surface area is 80.8 Å². The minimum Gasteiger partial charge on any atom is -0.387 e. The van der Waals surface area contributed by atoms with E-state index < -0.39 is 11.0 Å². The second-order valence-corrected chi connectivity index (χ2v) is 2.88. The Morgan fingerprint density at radius 3 is 2.69 bits per heavy atom. The van der Waals surface area contributed by atoms with Crippen LogP contribution in [-0.4, -0.2) is 15.8 Å². The molecule has 13 heavy (non-hydrogen) atoms. The monoisotopic (exact) mass is 199 g/mol. The molecule has 0 amide bonds. The van der Waals surface area contributed by atoms with E-state index in [1.54, 1.807) is 12.1 Å². The van der Waals surface area contributed by atoms with Crippen molar-refractivity contribution in [3.63, 3.8) is 0 Å². The standard InChI is InChI=1S/C8H9NO3S/c10-8(5-13)6-3-1-2-4-7(6)9(11)12/h1-4,8,10,13H,5H2. The lowest BCUT2D eigenvalue weighted by atomic mass is 10.1. The molecule has 0 saturated heterocycles. The van der Waals surface area contributed by atoms with Gasteiger partial charge in [0.05, 0.1) is 16.6 Å². The molecule has 0 fully saturated rings. The first-order valence-electron chi connectivity index (χ1n) is 3.69. The maximum absolute atomic E-state index is 10.5. The average Bonchev–Trinajstić information content (AvgIpc) is 2.16. The number of nitro groups is 1. The fourth-order valence-electron chi connectivity index (χ4n) is 1.03. The number of rotatable bonds is 3. The van der Waals surface area contributed by atoms with Crippen LogP contribution in [0.4, 0.5) is 5.69 Å². The second-order valence-electron chi connectivity index (χ2n) is 2.51. The van der Waals surface area contributed by atoms with E-state index in [2.05, 4.69) is 12.6 Å². The fourth-order valence-corrected chi connectivity index (χ4v) is 1.23. The van der Waals surface area contributed by atoms with Crippen LogP contribution in [0.2, 0.25) is 0 Å². The predicted octanol–water partition coefficient (Wildman–Crippen LogP) is 1.56. The van der Waals surface area contributed by atoms with Crippen LogP contribution in [0.5, 0.6) is 0 Å². The van der Waals surface area contributed by atoms with Gasteiger partial charge in [-0.1, -0.05) is 12.1 Å². The highest BCUT2D eigenvalue weighted by Crippen LogP contribution is 2.24. The van der Waals surface area contributed by atoms with Crippen LogP contribution in [0.15, 0.2) is 24.3 Å². The van der Waals surface area contributed by atoms with E-state index in [0.29, 0.717) is 5.56 Å². The summed E-state index contributed by atoms with van der Waals surface area (Å²) in [7, 11) is 0. The molecule has 70 valence electrons. The van der Waals surface area contributed by atoms with Gasteiger partial charge in [0, 0.05) is 11.8 Å². The van der Waals surface area contributed by atoms with E-state index in [-0.39, 0.29) is 11.4 Å². The van der Waals surface area contributed by atoms with Gasteiger partial charge in [0.2, 0.25) is 0 Å². The molecule has 0 aliphatic rings. The SMILES string of the molecule is O=[N+]([O-])c1ccccc1C(O)CS. The third kappa shape index (κ3) is 2.19. The quantitative estimate of drug-likeness (QED) is 0.441. The highest BCUT2D eigenvalue weighted by molar-refractivity contribution is 7.80. The normalized spacial score (nSPS) is 12.5. The smallest absolute Gasteiger partial charge is 0.275 e. The minimum atomic E-state index is -0.884. The first kappa shape index (κ1) is 10.0. The zero-order chi connectivity index (χ0) is 9.84. The summed E-state index contributed by atoms with van der Waals surface area (Å²) in [5.41, 5.74) is 0.242. The first-order chi connectivity index (χ1) is 6.16. The van der Waals surface area contributed by atoms with Crippen molar-refractivity contribution in [2.45, 2.75) is 6.10 Å². The van der Waals surface area contributed by atoms with Crippen LogP contribution in [0.3, 0.4) is 0 Å². The summed E-state index contributed by atoms with van der Waals surface area (Å²) in [6.07, 6.45) is -0.884. The van der Waals surface area contributed by atoms with Crippen LogP contribution in [0, 0.1) is 10.1 Å². The van der Waals surface area contributed by atoms with Crippen molar-refractivity contribution in [1.82, 2.24) is 0 Å². The molecule has 1 unspecified atom stereocenters. The summed E-state index contributed by atoms with van der Waals surface area (Å²) in [5, 5.41) is 19.9. The Balaban J connectivity index is 3.11. The topological polar surface area (TPSA) is 63.4 Å². The number of benzene rings is 1. The number of nitrogens with zero attached hydrogens (tertiary/aromatic N) is 1. The summed E-state index contributed by atoms with van der Waals surface area (Å²) < 4.78 is 0. The number of hydrogen-bond donors (Lipinski definition) is 2. The van der Waals surface area contributed by atoms with Gasteiger partial charge in [0.1, 0.15) is 0 Å². The third-order valence-corrected chi connectivity index (χ3v) is 2.01. The van der Waals surface area contributed by atoms with Gasteiger partial charge >= 0.3 is 0 Å². The number of hydrogen-bond acceptors (Lipinski definition) is 4. The van der Waals surface area contributed by atoms with Crippen molar-refractivity contribution in [3.8, 4) is 0 Å². The largest absolute Gasteiger partial charge is 0.387 e. The van der Waals surface area contributed by atoms with Crippen LogP contribution in [0.25, 0.3) is 0 Å². The molecule has 1 aromatic carbocycles. The van der Waals surface area contributed by atoms with Gasteiger partial charge < -0.3 is 5.11 Å². The number of nitro benzene ring substituents is 1. The zero-order valence-electron chi connectivity index (χ0n) is 6.75. The lowest BCUT2D eigenvalue weighted by molar-refractivity contribution is -0.386. The molecule has 1 atom stereocenters. The summed E-state index contributed by atoms with van der Waals surface area (Å²) in [6, 6.07) is 6.10. The lowest BCUT2D eigenvalue weighted by Crippen LogP contribution is -2.03. The van der Waals surface area contributed by atoms with Crippen molar-refractivity contribution in [1.29, 1.82) is 0 Å². The van der Waals surface area contributed by atoms with Crippen LogP contribution in [0.1, 0.15) is 11.7 Å². The van der Waals surface area contributed by atoms with Crippen LogP contribution < -0.4 is 0 Å². The molecule has 0 bridgehead atoms. The van der Waals surface area contributed by atoms with Crippen molar-refractivity contribution in [2.24, 2.45) is 0 Å². The number of para-hydroxylation sites is 1. The molecule has 0 radical (unpaired) electrons. The molecule has 0 heterocycles. The van der Waals surface area contributed by atoms with Gasteiger partial charge in [-0.2, -0.15) is 12.6 Å². The Bertz CT molecular complexity index is 316. The fraction of sp³-hybridized carbons (Fsp3) is 0.250. The van der Waals surface area contributed by atoms with Gasteiger partial charge in [-0.25, -0.2) is 0 Å². The van der Waals surface area contributed by atoms with Gasteiger partial charge in [-0.3, -0.25) is 10.1 Å².